The van der Waals surface area contributed by atoms with E-state index in [1.165, 1.54) is 17.5 Å². The fourth-order valence-electron chi connectivity index (χ4n) is 3.45. The molecule has 1 N–H and O–H groups in total. The molecule has 3 nitrogen and oxygen atoms in total. The number of hydrogen-bond acceptors (Lipinski definition) is 2. The van der Waals surface area contributed by atoms with E-state index in [0.717, 1.165) is 32.5 Å². The number of carbonyl (C=O) groups excluding carboxylic acids is 1. The summed E-state index contributed by atoms with van der Waals surface area (Å²) in [4.78, 5) is 14.9. The molecule has 1 heterocycles. The molecule has 1 aliphatic heterocycles. The van der Waals surface area contributed by atoms with Crippen LogP contribution < -0.4 is 5.32 Å². The molecular weight excluding hydrogens is 344 g/mol. The average Bonchev–Trinajstić information content (AvgIpc) is 3.18. The Bertz CT molecular complexity index is 642. The first kappa shape index (κ1) is 20.5. The largest absolute Gasteiger partial charge is 0.338 e. The standard InChI is InChI=1S/C22H28N2O.ClH/c25-22(12-11-20-13-15-23-17-20)24(18-21-9-5-2-6-10-21)16-14-19-7-3-1-4-8-19;/h1-10,20,23H,11-18H2;1H. The highest BCUT2D eigenvalue weighted by Crippen LogP contribution is 2.16. The fourth-order valence-corrected chi connectivity index (χ4v) is 3.45. The number of nitrogens with zero attached hydrogens (tertiary/aromatic N) is 1. The molecule has 1 amide bonds. The van der Waals surface area contributed by atoms with Crippen LogP contribution in [0.15, 0.2) is 60.7 Å². The molecule has 2 aromatic rings. The molecule has 0 aliphatic carbocycles. The summed E-state index contributed by atoms with van der Waals surface area (Å²) in [6.45, 7) is 3.65. The van der Waals surface area contributed by atoms with Crippen LogP contribution in [-0.4, -0.2) is 30.4 Å². The van der Waals surface area contributed by atoms with Gasteiger partial charge < -0.3 is 10.2 Å². The van der Waals surface area contributed by atoms with Crippen LogP contribution in [0, 0.1) is 5.92 Å². The molecule has 0 saturated carbocycles. The minimum atomic E-state index is 0. The zero-order valence-electron chi connectivity index (χ0n) is 15.3. The summed E-state index contributed by atoms with van der Waals surface area (Å²) in [6, 6.07) is 20.7. The first-order chi connectivity index (χ1) is 12.3. The van der Waals surface area contributed by atoms with Crippen molar-refractivity contribution in [2.45, 2.75) is 32.2 Å². The van der Waals surface area contributed by atoms with E-state index >= 15 is 0 Å². The number of carbonyl (C=O) groups is 1. The van der Waals surface area contributed by atoms with Gasteiger partial charge in [-0.2, -0.15) is 0 Å². The fraction of sp³-hybridized carbons (Fsp3) is 0.409. The number of hydrogen-bond donors (Lipinski definition) is 1. The van der Waals surface area contributed by atoms with E-state index in [4.69, 9.17) is 0 Å². The Morgan fingerprint density at radius 1 is 1.00 bits per heavy atom. The van der Waals surface area contributed by atoms with E-state index < -0.39 is 0 Å². The number of nitrogens with one attached hydrogen (secondary N) is 1. The second kappa shape index (κ2) is 11.0. The first-order valence-electron chi connectivity index (χ1n) is 9.37. The van der Waals surface area contributed by atoms with Crippen molar-refractivity contribution in [1.29, 1.82) is 0 Å². The third-order valence-electron chi connectivity index (χ3n) is 5.01. The normalized spacial score (nSPS) is 16.1. The molecule has 1 unspecified atom stereocenters. The summed E-state index contributed by atoms with van der Waals surface area (Å²) in [5.41, 5.74) is 2.49. The summed E-state index contributed by atoms with van der Waals surface area (Å²) in [5, 5.41) is 3.39. The van der Waals surface area contributed by atoms with Crippen LogP contribution in [-0.2, 0) is 17.8 Å². The Balaban J connectivity index is 0.00000243. The van der Waals surface area contributed by atoms with Crippen molar-refractivity contribution < 1.29 is 4.79 Å². The van der Waals surface area contributed by atoms with Gasteiger partial charge in [-0.1, -0.05) is 60.7 Å². The molecule has 1 aliphatic rings. The highest BCUT2D eigenvalue weighted by Gasteiger charge is 2.19. The lowest BCUT2D eigenvalue weighted by atomic mass is 10.0. The molecular formula is C22H29ClN2O. The number of amides is 1. The smallest absolute Gasteiger partial charge is 0.222 e. The predicted octanol–water partition coefficient (Wildman–Crippen LogP) is 4.07. The topological polar surface area (TPSA) is 32.3 Å². The Labute approximate surface area is 163 Å². The van der Waals surface area contributed by atoms with Gasteiger partial charge in [-0.05, 0) is 49.4 Å². The number of rotatable bonds is 8. The SMILES string of the molecule is Cl.O=C(CCC1CCNC1)N(CCc1ccccc1)Cc1ccccc1. The van der Waals surface area contributed by atoms with Crippen molar-refractivity contribution in [3.8, 4) is 0 Å². The van der Waals surface area contributed by atoms with Gasteiger partial charge >= 0.3 is 0 Å². The van der Waals surface area contributed by atoms with Gasteiger partial charge in [-0.3, -0.25) is 4.79 Å². The van der Waals surface area contributed by atoms with Crippen molar-refractivity contribution in [2.24, 2.45) is 5.92 Å². The molecule has 26 heavy (non-hydrogen) atoms. The van der Waals surface area contributed by atoms with E-state index in [0.29, 0.717) is 18.9 Å². The second-order valence-electron chi connectivity index (χ2n) is 6.93. The van der Waals surface area contributed by atoms with Crippen LogP contribution in [0.5, 0.6) is 0 Å². The van der Waals surface area contributed by atoms with Crippen molar-refractivity contribution >= 4 is 18.3 Å². The second-order valence-corrected chi connectivity index (χ2v) is 6.93. The Morgan fingerprint density at radius 2 is 1.65 bits per heavy atom. The molecule has 2 aromatic carbocycles. The van der Waals surface area contributed by atoms with E-state index in [2.05, 4.69) is 41.7 Å². The maximum atomic E-state index is 12.8. The van der Waals surface area contributed by atoms with Crippen LogP contribution in [0.3, 0.4) is 0 Å². The highest BCUT2D eigenvalue weighted by molar-refractivity contribution is 5.85. The Morgan fingerprint density at radius 3 is 2.27 bits per heavy atom. The number of halogens is 1. The summed E-state index contributed by atoms with van der Waals surface area (Å²) < 4.78 is 0. The zero-order valence-corrected chi connectivity index (χ0v) is 16.1. The van der Waals surface area contributed by atoms with Crippen LogP contribution in [0.2, 0.25) is 0 Å². The van der Waals surface area contributed by atoms with Gasteiger partial charge in [-0.15, -0.1) is 12.4 Å². The number of benzene rings is 2. The third-order valence-corrected chi connectivity index (χ3v) is 5.01. The van der Waals surface area contributed by atoms with Crippen LogP contribution >= 0.6 is 12.4 Å². The molecule has 1 saturated heterocycles. The Kier molecular flexibility index (Phi) is 8.66. The highest BCUT2D eigenvalue weighted by atomic mass is 35.5. The van der Waals surface area contributed by atoms with Crippen molar-refractivity contribution in [1.82, 2.24) is 10.2 Å². The predicted molar refractivity (Wildman–Crippen MR) is 109 cm³/mol. The quantitative estimate of drug-likeness (QED) is 0.757. The van der Waals surface area contributed by atoms with E-state index in [9.17, 15) is 4.79 Å². The summed E-state index contributed by atoms with van der Waals surface area (Å²) in [6.07, 6.45) is 3.77. The summed E-state index contributed by atoms with van der Waals surface area (Å²) >= 11 is 0. The zero-order chi connectivity index (χ0) is 17.3. The first-order valence-corrected chi connectivity index (χ1v) is 9.37. The molecule has 1 fully saturated rings. The van der Waals surface area contributed by atoms with Crippen molar-refractivity contribution in [3.05, 3.63) is 71.8 Å². The van der Waals surface area contributed by atoms with Gasteiger partial charge in [0.2, 0.25) is 5.91 Å². The Hall–Kier alpha value is -1.84. The van der Waals surface area contributed by atoms with E-state index in [1.54, 1.807) is 0 Å². The van der Waals surface area contributed by atoms with E-state index in [-0.39, 0.29) is 18.3 Å². The molecule has 0 aromatic heterocycles. The van der Waals surface area contributed by atoms with Gasteiger partial charge in [0.05, 0.1) is 0 Å². The van der Waals surface area contributed by atoms with Crippen molar-refractivity contribution in [2.75, 3.05) is 19.6 Å². The molecule has 4 heteroatoms. The molecule has 0 spiro atoms. The van der Waals surface area contributed by atoms with Gasteiger partial charge in [-0.25, -0.2) is 0 Å². The monoisotopic (exact) mass is 372 g/mol. The summed E-state index contributed by atoms with van der Waals surface area (Å²) in [7, 11) is 0. The maximum absolute atomic E-state index is 12.8. The minimum Gasteiger partial charge on any atom is -0.338 e. The lowest BCUT2D eigenvalue weighted by Crippen LogP contribution is -2.32. The van der Waals surface area contributed by atoms with Gasteiger partial charge in [0.15, 0.2) is 0 Å². The van der Waals surface area contributed by atoms with Crippen molar-refractivity contribution in [3.63, 3.8) is 0 Å². The summed E-state index contributed by atoms with van der Waals surface area (Å²) in [5.74, 6) is 0.948. The van der Waals surface area contributed by atoms with Gasteiger partial charge in [0.25, 0.3) is 0 Å². The molecule has 0 radical (unpaired) electrons. The molecule has 0 bridgehead atoms. The molecule has 3 rings (SSSR count). The molecule has 1 atom stereocenters. The maximum Gasteiger partial charge on any atom is 0.222 e. The molecule has 140 valence electrons. The van der Waals surface area contributed by atoms with E-state index in [1.807, 2.05) is 29.2 Å². The third kappa shape index (κ3) is 6.47. The van der Waals surface area contributed by atoms with Crippen LogP contribution in [0.1, 0.15) is 30.4 Å². The van der Waals surface area contributed by atoms with Gasteiger partial charge in [0.1, 0.15) is 0 Å². The van der Waals surface area contributed by atoms with Crippen LogP contribution in [0.4, 0.5) is 0 Å². The van der Waals surface area contributed by atoms with Crippen LogP contribution in [0.25, 0.3) is 0 Å². The lowest BCUT2D eigenvalue weighted by molar-refractivity contribution is -0.132. The average molecular weight is 373 g/mol. The lowest BCUT2D eigenvalue weighted by Gasteiger charge is -2.24. The minimum absolute atomic E-state index is 0. The van der Waals surface area contributed by atoms with Gasteiger partial charge in [0, 0.05) is 19.5 Å².